The van der Waals surface area contributed by atoms with Gasteiger partial charge >= 0.3 is 0 Å². The molecule has 1 amide bonds. The van der Waals surface area contributed by atoms with E-state index in [4.69, 9.17) is 37.8 Å². The van der Waals surface area contributed by atoms with Crippen LogP contribution in [0.1, 0.15) is 18.1 Å². The molecule has 0 saturated carbocycles. The van der Waals surface area contributed by atoms with Crippen LogP contribution in [0.4, 0.5) is 5.69 Å². The van der Waals surface area contributed by atoms with E-state index >= 15 is 0 Å². The first-order chi connectivity index (χ1) is 18.0. The monoisotopic (exact) mass is 655 g/mol. The normalized spacial score (nSPS) is 15.7. The van der Waals surface area contributed by atoms with Crippen LogP contribution < -0.4 is 19.9 Å². The van der Waals surface area contributed by atoms with Gasteiger partial charge in [0.2, 0.25) is 10.0 Å². The molecule has 1 fully saturated rings. The summed E-state index contributed by atoms with van der Waals surface area (Å²) in [4.78, 5) is 17.3. The quantitative estimate of drug-likeness (QED) is 0.276. The van der Waals surface area contributed by atoms with Crippen molar-refractivity contribution in [3.05, 3.63) is 85.1 Å². The van der Waals surface area contributed by atoms with E-state index in [1.165, 1.54) is 24.3 Å². The van der Waals surface area contributed by atoms with Crippen molar-refractivity contribution in [1.29, 1.82) is 0 Å². The van der Waals surface area contributed by atoms with Crippen LogP contribution in [0, 0.1) is 0 Å². The Morgan fingerprint density at radius 2 is 1.84 bits per heavy atom. The lowest BCUT2D eigenvalue weighted by Crippen LogP contribution is -2.19. The van der Waals surface area contributed by atoms with Crippen LogP contribution in [0.3, 0.4) is 0 Å². The summed E-state index contributed by atoms with van der Waals surface area (Å²) in [6, 6.07) is 14.5. The van der Waals surface area contributed by atoms with Gasteiger partial charge in [0.15, 0.2) is 16.7 Å². The van der Waals surface area contributed by atoms with Crippen molar-refractivity contribution in [3.8, 4) is 11.5 Å². The van der Waals surface area contributed by atoms with Gasteiger partial charge in [-0.15, -0.1) is 0 Å². The highest BCUT2D eigenvalue weighted by atomic mass is 79.9. The molecule has 1 aliphatic heterocycles. The van der Waals surface area contributed by atoms with Crippen LogP contribution in [-0.4, -0.2) is 26.1 Å². The van der Waals surface area contributed by atoms with Crippen molar-refractivity contribution in [2.45, 2.75) is 18.4 Å². The summed E-state index contributed by atoms with van der Waals surface area (Å²) < 4.78 is 35.3. The molecule has 0 unspecified atom stereocenters. The van der Waals surface area contributed by atoms with Crippen molar-refractivity contribution >= 4 is 83.8 Å². The molecule has 0 bridgehead atoms. The summed E-state index contributed by atoms with van der Waals surface area (Å²) in [6.45, 7) is 2.46. The van der Waals surface area contributed by atoms with E-state index in [0.29, 0.717) is 53.9 Å². The fourth-order valence-corrected chi connectivity index (χ4v) is 5.72. The molecule has 0 aromatic heterocycles. The Bertz CT molecular complexity index is 1560. The zero-order valence-electron chi connectivity index (χ0n) is 19.7. The third-order valence-electron chi connectivity index (χ3n) is 5.06. The number of carbonyl (C=O) groups excluding carboxylic acids is 1. The van der Waals surface area contributed by atoms with Gasteiger partial charge in [0.05, 0.1) is 26.6 Å². The summed E-state index contributed by atoms with van der Waals surface area (Å²) in [5.41, 5.74) is 1.93. The van der Waals surface area contributed by atoms with E-state index in [-0.39, 0.29) is 17.4 Å². The third-order valence-corrected chi connectivity index (χ3v) is 8.08. The van der Waals surface area contributed by atoms with Crippen LogP contribution in [0.15, 0.2) is 73.9 Å². The summed E-state index contributed by atoms with van der Waals surface area (Å²) in [6.07, 6.45) is 1.71. The minimum atomic E-state index is -3.80. The van der Waals surface area contributed by atoms with Crippen LogP contribution in [0.5, 0.6) is 11.5 Å². The number of nitrogens with zero attached hydrogens (tertiary/aromatic N) is 1. The fourth-order valence-electron chi connectivity index (χ4n) is 3.32. The lowest BCUT2D eigenvalue weighted by molar-refractivity contribution is -0.115. The molecule has 0 radical (unpaired) electrons. The number of nitrogens with two attached hydrogens (primary N) is 1. The maximum absolute atomic E-state index is 12.6. The standard InChI is InChI=1S/C25H20BrCl2N3O5S2/c1-2-35-21-10-14(9-19(26)23(21)36-13-15-3-4-16(27)12-20(15)28)11-22-24(32)31-25(37-22)30-17-5-7-18(8-6-17)38(29,33)34/h3-12H,2,13H2,1H3,(H2,29,33,34)(H,30,31,32)/b22-11+. The van der Waals surface area contributed by atoms with Gasteiger partial charge in [0, 0.05) is 15.6 Å². The number of primary sulfonamides is 1. The van der Waals surface area contributed by atoms with Gasteiger partial charge in [-0.1, -0.05) is 29.3 Å². The Morgan fingerprint density at radius 3 is 2.50 bits per heavy atom. The molecule has 0 atom stereocenters. The molecule has 8 nitrogen and oxygen atoms in total. The van der Waals surface area contributed by atoms with E-state index < -0.39 is 10.0 Å². The Balaban J connectivity index is 1.54. The largest absolute Gasteiger partial charge is 0.490 e. The van der Waals surface area contributed by atoms with Crippen LogP contribution in [0.2, 0.25) is 10.0 Å². The maximum Gasteiger partial charge on any atom is 0.264 e. The second-order valence-electron chi connectivity index (χ2n) is 7.81. The number of hydrogen-bond donors (Lipinski definition) is 2. The number of halogens is 3. The predicted molar refractivity (Wildman–Crippen MR) is 155 cm³/mol. The molecule has 1 saturated heterocycles. The fraction of sp³-hybridized carbons (Fsp3) is 0.120. The highest BCUT2D eigenvalue weighted by molar-refractivity contribution is 9.10. The smallest absolute Gasteiger partial charge is 0.264 e. The molecule has 3 aromatic carbocycles. The van der Waals surface area contributed by atoms with Gasteiger partial charge in [-0.05, 0) is 94.8 Å². The SMILES string of the molecule is CCOc1cc(/C=C2/SC(=Nc3ccc(S(N)(=O)=O)cc3)NC2=O)cc(Br)c1OCc1ccc(Cl)cc1Cl. The van der Waals surface area contributed by atoms with Crippen LogP contribution in [0.25, 0.3) is 6.08 Å². The number of sulfonamides is 1. The maximum atomic E-state index is 12.6. The van der Waals surface area contributed by atoms with E-state index in [1.807, 2.05) is 13.0 Å². The van der Waals surface area contributed by atoms with E-state index in [1.54, 1.807) is 30.3 Å². The number of amides is 1. The van der Waals surface area contributed by atoms with Crippen molar-refractivity contribution < 1.29 is 22.7 Å². The molecule has 1 aliphatic rings. The number of ether oxygens (including phenoxy) is 2. The molecular weight excluding hydrogens is 637 g/mol. The van der Waals surface area contributed by atoms with Gasteiger partial charge < -0.3 is 14.8 Å². The van der Waals surface area contributed by atoms with E-state index in [2.05, 4.69) is 26.2 Å². The Morgan fingerprint density at radius 1 is 1.11 bits per heavy atom. The molecular formula is C25H20BrCl2N3O5S2. The van der Waals surface area contributed by atoms with Crippen molar-refractivity contribution in [1.82, 2.24) is 5.32 Å². The topological polar surface area (TPSA) is 120 Å². The first-order valence-corrected chi connectivity index (χ1v) is 14.9. The van der Waals surface area contributed by atoms with Crippen molar-refractivity contribution in [2.24, 2.45) is 10.1 Å². The number of amidine groups is 1. The second-order valence-corrected chi connectivity index (χ2v) is 12.1. The minimum absolute atomic E-state index is 0.0236. The van der Waals surface area contributed by atoms with Crippen LogP contribution >= 0.6 is 50.9 Å². The summed E-state index contributed by atoms with van der Waals surface area (Å²) >= 11 is 16.9. The lowest BCUT2D eigenvalue weighted by atomic mass is 10.1. The number of rotatable bonds is 8. The molecule has 3 aromatic rings. The van der Waals surface area contributed by atoms with Gasteiger partial charge in [-0.2, -0.15) is 0 Å². The Labute approximate surface area is 242 Å². The summed E-state index contributed by atoms with van der Waals surface area (Å²) in [7, 11) is -3.80. The molecule has 38 heavy (non-hydrogen) atoms. The van der Waals surface area contributed by atoms with E-state index in [9.17, 15) is 13.2 Å². The second kappa shape index (κ2) is 12.1. The van der Waals surface area contributed by atoms with Crippen molar-refractivity contribution in [3.63, 3.8) is 0 Å². The number of nitrogens with one attached hydrogen (secondary N) is 1. The van der Waals surface area contributed by atoms with Crippen LogP contribution in [-0.2, 0) is 21.4 Å². The molecule has 198 valence electrons. The minimum Gasteiger partial charge on any atom is -0.490 e. The number of thioether (sulfide) groups is 1. The third kappa shape index (κ3) is 7.10. The molecule has 4 rings (SSSR count). The number of hydrogen-bond acceptors (Lipinski definition) is 7. The highest BCUT2D eigenvalue weighted by Crippen LogP contribution is 2.39. The zero-order chi connectivity index (χ0) is 27.4. The summed E-state index contributed by atoms with van der Waals surface area (Å²) in [5.74, 6) is 0.668. The average Bonchev–Trinajstić information content (AvgIpc) is 3.17. The first-order valence-electron chi connectivity index (χ1n) is 11.0. The first kappa shape index (κ1) is 28.5. The van der Waals surface area contributed by atoms with Gasteiger partial charge in [0.25, 0.3) is 5.91 Å². The lowest BCUT2D eigenvalue weighted by Gasteiger charge is -2.15. The Kier molecular flexibility index (Phi) is 9.07. The molecule has 0 aliphatic carbocycles. The summed E-state index contributed by atoms with van der Waals surface area (Å²) in [5, 5.41) is 9.21. The van der Waals surface area contributed by atoms with Crippen molar-refractivity contribution in [2.75, 3.05) is 6.61 Å². The number of carbonyl (C=O) groups is 1. The predicted octanol–water partition coefficient (Wildman–Crippen LogP) is 6.27. The zero-order valence-corrected chi connectivity index (χ0v) is 24.4. The van der Waals surface area contributed by atoms with Gasteiger partial charge in [-0.25, -0.2) is 18.5 Å². The molecule has 1 heterocycles. The average molecular weight is 657 g/mol. The van der Waals surface area contributed by atoms with Gasteiger partial charge in [-0.3, -0.25) is 4.79 Å². The molecule has 3 N–H and O–H groups in total. The highest BCUT2D eigenvalue weighted by Gasteiger charge is 2.24. The Hall–Kier alpha value is -2.54. The van der Waals surface area contributed by atoms with E-state index in [0.717, 1.165) is 17.3 Å². The number of aliphatic imine (C=N–C) groups is 1. The van der Waals surface area contributed by atoms with Gasteiger partial charge in [0.1, 0.15) is 6.61 Å². The molecule has 0 spiro atoms. The number of benzene rings is 3. The molecule has 13 heteroatoms.